The van der Waals surface area contributed by atoms with Gasteiger partial charge in [0.2, 0.25) is 0 Å². The Kier molecular flexibility index (Phi) is 5.94. The van der Waals surface area contributed by atoms with Crippen molar-refractivity contribution in [2.24, 2.45) is 0 Å². The summed E-state index contributed by atoms with van der Waals surface area (Å²) in [5, 5.41) is 8.42. The lowest BCUT2D eigenvalue weighted by Crippen LogP contribution is -2.18. The Labute approximate surface area is 172 Å². The molecule has 2 heterocycles. The molecule has 0 bridgehead atoms. The van der Waals surface area contributed by atoms with Crippen LogP contribution in [0, 0.1) is 0 Å². The van der Waals surface area contributed by atoms with E-state index < -0.39 is 22.6 Å². The van der Waals surface area contributed by atoms with Crippen LogP contribution in [0.2, 0.25) is 5.02 Å². The number of ether oxygens (including phenoxy) is 2. The average Bonchev–Trinajstić information content (AvgIpc) is 3.12. The molecule has 154 valence electrons. The Morgan fingerprint density at radius 2 is 2.03 bits per heavy atom. The zero-order valence-corrected chi connectivity index (χ0v) is 17.5. The van der Waals surface area contributed by atoms with Gasteiger partial charge >= 0.3 is 5.97 Å². The highest BCUT2D eigenvalue weighted by atomic mass is 35.5. The zero-order chi connectivity index (χ0) is 21.2. The van der Waals surface area contributed by atoms with Crippen molar-refractivity contribution >= 4 is 38.9 Å². The van der Waals surface area contributed by atoms with Gasteiger partial charge in [-0.1, -0.05) is 25.4 Å². The second kappa shape index (κ2) is 8.26. The summed E-state index contributed by atoms with van der Waals surface area (Å²) in [6.07, 6.45) is 1.76. The van der Waals surface area contributed by atoms with Crippen molar-refractivity contribution in [3.8, 4) is 5.75 Å². The van der Waals surface area contributed by atoms with Crippen LogP contribution >= 0.6 is 11.6 Å². The van der Waals surface area contributed by atoms with Crippen LogP contribution in [-0.4, -0.2) is 42.7 Å². The molecule has 0 spiro atoms. The Morgan fingerprint density at radius 3 is 2.72 bits per heavy atom. The normalized spacial score (nSPS) is 11.6. The number of sulfonamides is 1. The number of hydrogen-bond acceptors (Lipinski definition) is 7. The van der Waals surface area contributed by atoms with Gasteiger partial charge in [0.05, 0.1) is 12.8 Å². The minimum absolute atomic E-state index is 0.0383. The van der Waals surface area contributed by atoms with Gasteiger partial charge in [-0.05, 0) is 30.3 Å². The lowest BCUT2D eigenvalue weighted by Gasteiger charge is -2.14. The summed E-state index contributed by atoms with van der Waals surface area (Å²) in [5.74, 6) is 0.114. The van der Waals surface area contributed by atoms with E-state index in [-0.39, 0.29) is 27.3 Å². The summed E-state index contributed by atoms with van der Waals surface area (Å²) < 4.78 is 40.1. The fraction of sp³-hybridized carbons (Fsp3) is 0.278. The number of fused-ring (bicyclic) bond motifs is 1. The lowest BCUT2D eigenvalue weighted by molar-refractivity contribution is -0.142. The second-order valence-corrected chi connectivity index (χ2v) is 8.48. The van der Waals surface area contributed by atoms with Gasteiger partial charge in [0, 0.05) is 17.1 Å². The fourth-order valence-corrected chi connectivity index (χ4v) is 4.08. The number of benzene rings is 1. The van der Waals surface area contributed by atoms with E-state index >= 15 is 0 Å². The quantitative estimate of drug-likeness (QED) is 0.564. The van der Waals surface area contributed by atoms with Crippen molar-refractivity contribution in [2.45, 2.75) is 24.7 Å². The summed E-state index contributed by atoms with van der Waals surface area (Å²) in [7, 11) is -2.91. The number of anilines is 1. The maximum absolute atomic E-state index is 13.0. The standard InChI is InChI=1S/C18H19ClN4O5S/c1-11(2)17-20-21-18-13(5-4-8-23(17)18)22-29(25,26)15-9-12(19)6-7-14(15)28-10-16(24)27-3/h4-9,11,22H,10H2,1-3H3. The molecule has 0 saturated carbocycles. The molecular weight excluding hydrogens is 420 g/mol. The number of halogens is 1. The summed E-state index contributed by atoms with van der Waals surface area (Å²) in [6, 6.07) is 7.33. The number of nitrogens with zero attached hydrogens (tertiary/aromatic N) is 3. The largest absolute Gasteiger partial charge is 0.480 e. The van der Waals surface area contributed by atoms with E-state index in [1.165, 1.54) is 25.3 Å². The molecule has 0 atom stereocenters. The highest BCUT2D eigenvalue weighted by molar-refractivity contribution is 7.92. The van der Waals surface area contributed by atoms with Gasteiger partial charge in [-0.15, -0.1) is 10.2 Å². The number of methoxy groups -OCH3 is 1. The van der Waals surface area contributed by atoms with Crippen LogP contribution in [0.15, 0.2) is 41.4 Å². The molecule has 0 fully saturated rings. The second-order valence-electron chi connectivity index (χ2n) is 6.39. The van der Waals surface area contributed by atoms with Gasteiger partial charge in [-0.2, -0.15) is 0 Å². The molecule has 0 aliphatic heterocycles. The van der Waals surface area contributed by atoms with Crippen LogP contribution in [-0.2, 0) is 19.6 Å². The van der Waals surface area contributed by atoms with Gasteiger partial charge in [-0.25, -0.2) is 13.2 Å². The molecule has 0 unspecified atom stereocenters. The van der Waals surface area contributed by atoms with Crippen LogP contribution in [0.3, 0.4) is 0 Å². The van der Waals surface area contributed by atoms with Gasteiger partial charge in [0.1, 0.15) is 16.5 Å². The Bertz CT molecular complexity index is 1160. The van der Waals surface area contributed by atoms with Crippen molar-refractivity contribution in [3.05, 3.63) is 47.4 Å². The van der Waals surface area contributed by atoms with Crippen LogP contribution in [0.4, 0.5) is 5.69 Å². The number of rotatable bonds is 7. The minimum atomic E-state index is -4.12. The van der Waals surface area contributed by atoms with E-state index in [2.05, 4.69) is 19.7 Å². The van der Waals surface area contributed by atoms with E-state index in [4.69, 9.17) is 16.3 Å². The molecule has 1 aromatic carbocycles. The monoisotopic (exact) mass is 438 g/mol. The highest BCUT2D eigenvalue weighted by Gasteiger charge is 2.23. The molecule has 0 saturated heterocycles. The molecule has 0 aliphatic rings. The first-order valence-electron chi connectivity index (χ1n) is 8.58. The smallest absolute Gasteiger partial charge is 0.343 e. The number of aromatic nitrogens is 3. The predicted octanol–water partition coefficient (Wildman–Crippen LogP) is 2.86. The van der Waals surface area contributed by atoms with Crippen molar-refractivity contribution in [2.75, 3.05) is 18.4 Å². The van der Waals surface area contributed by atoms with Crippen molar-refractivity contribution in [3.63, 3.8) is 0 Å². The van der Waals surface area contributed by atoms with E-state index in [1.54, 1.807) is 22.7 Å². The molecule has 0 amide bonds. The van der Waals surface area contributed by atoms with E-state index in [9.17, 15) is 13.2 Å². The number of esters is 1. The molecule has 9 nitrogen and oxygen atoms in total. The number of pyridine rings is 1. The maximum Gasteiger partial charge on any atom is 0.343 e. The fourth-order valence-electron chi connectivity index (χ4n) is 2.61. The molecule has 3 aromatic rings. The minimum Gasteiger partial charge on any atom is -0.480 e. The molecule has 11 heteroatoms. The SMILES string of the molecule is COC(=O)COc1ccc(Cl)cc1S(=O)(=O)Nc1cccn2c(C(C)C)nnc12. The summed E-state index contributed by atoms with van der Waals surface area (Å²) in [6.45, 7) is 3.48. The van der Waals surface area contributed by atoms with Gasteiger partial charge in [0.15, 0.2) is 12.3 Å². The number of carbonyl (C=O) groups excluding carboxylic acids is 1. The number of hydrogen-bond donors (Lipinski definition) is 1. The van der Waals surface area contributed by atoms with E-state index in [1.807, 2.05) is 13.8 Å². The molecule has 0 aliphatic carbocycles. The van der Waals surface area contributed by atoms with Gasteiger partial charge in [-0.3, -0.25) is 9.12 Å². The third-order valence-electron chi connectivity index (χ3n) is 3.99. The third kappa shape index (κ3) is 4.43. The first-order chi connectivity index (χ1) is 13.7. The number of carbonyl (C=O) groups is 1. The van der Waals surface area contributed by atoms with Crippen molar-refractivity contribution < 1.29 is 22.7 Å². The van der Waals surface area contributed by atoms with Crippen LogP contribution in [0.1, 0.15) is 25.6 Å². The molecule has 1 N–H and O–H groups in total. The topological polar surface area (TPSA) is 112 Å². The third-order valence-corrected chi connectivity index (χ3v) is 5.61. The molecule has 2 aromatic heterocycles. The first kappa shape index (κ1) is 20.9. The molecule has 29 heavy (non-hydrogen) atoms. The van der Waals surface area contributed by atoms with Crippen molar-refractivity contribution in [1.29, 1.82) is 0 Å². The van der Waals surface area contributed by atoms with E-state index in [0.29, 0.717) is 11.5 Å². The van der Waals surface area contributed by atoms with Gasteiger partial charge in [0.25, 0.3) is 10.0 Å². The van der Waals surface area contributed by atoms with Crippen LogP contribution < -0.4 is 9.46 Å². The Hall–Kier alpha value is -2.85. The van der Waals surface area contributed by atoms with E-state index in [0.717, 1.165) is 0 Å². The Morgan fingerprint density at radius 1 is 1.28 bits per heavy atom. The predicted molar refractivity (Wildman–Crippen MR) is 107 cm³/mol. The zero-order valence-electron chi connectivity index (χ0n) is 15.9. The molecule has 3 rings (SSSR count). The molecular formula is C18H19ClN4O5S. The average molecular weight is 439 g/mol. The van der Waals surface area contributed by atoms with Gasteiger partial charge < -0.3 is 9.47 Å². The van der Waals surface area contributed by atoms with Crippen LogP contribution in [0.5, 0.6) is 5.75 Å². The van der Waals surface area contributed by atoms with Crippen molar-refractivity contribution in [1.82, 2.24) is 14.6 Å². The first-order valence-corrected chi connectivity index (χ1v) is 10.4. The summed E-state index contributed by atoms with van der Waals surface area (Å²) in [4.78, 5) is 11.1. The summed E-state index contributed by atoms with van der Waals surface area (Å²) >= 11 is 5.98. The maximum atomic E-state index is 13.0. The lowest BCUT2D eigenvalue weighted by atomic mass is 10.2. The molecule has 0 radical (unpaired) electrons. The van der Waals surface area contributed by atoms with Crippen LogP contribution in [0.25, 0.3) is 5.65 Å². The summed E-state index contributed by atoms with van der Waals surface area (Å²) in [5.41, 5.74) is 0.602. The Balaban J connectivity index is 1.99. The highest BCUT2D eigenvalue weighted by Crippen LogP contribution is 2.30. The number of nitrogens with one attached hydrogen (secondary N) is 1.